The first kappa shape index (κ1) is 35.0. The van der Waals surface area contributed by atoms with Crippen molar-refractivity contribution in [3.8, 4) is 0 Å². The van der Waals surface area contributed by atoms with Crippen LogP contribution in [0.15, 0.2) is 87.4 Å². The van der Waals surface area contributed by atoms with E-state index in [2.05, 4.69) is 17.6 Å². The van der Waals surface area contributed by atoms with Crippen molar-refractivity contribution in [2.24, 2.45) is 4.99 Å². The van der Waals surface area contributed by atoms with Gasteiger partial charge in [0.1, 0.15) is 11.7 Å². The number of nitrogens with one attached hydrogen (secondary N) is 2. The van der Waals surface area contributed by atoms with E-state index in [-0.39, 0.29) is 17.9 Å². The van der Waals surface area contributed by atoms with Crippen LogP contribution in [0.5, 0.6) is 0 Å². The van der Waals surface area contributed by atoms with Gasteiger partial charge in [-0.3, -0.25) is 14.5 Å². The molecule has 1 aromatic carbocycles. The van der Waals surface area contributed by atoms with Crippen molar-refractivity contribution in [3.63, 3.8) is 0 Å². The number of benzene rings is 1. The van der Waals surface area contributed by atoms with Crippen LogP contribution in [0.25, 0.3) is 0 Å². The average Bonchev–Trinajstić information content (AvgIpc) is 3.55. The zero-order valence-electron chi connectivity index (χ0n) is 27.3. The number of hydrogen-bond acceptors (Lipinski definition) is 6. The fourth-order valence-electron chi connectivity index (χ4n) is 4.76. The molecule has 0 aromatic heterocycles. The average molecular weight is 589 g/mol. The van der Waals surface area contributed by atoms with Gasteiger partial charge in [-0.1, -0.05) is 45.3 Å². The number of carbonyl (C=O) groups is 3. The molecule has 0 unspecified atom stereocenters. The van der Waals surface area contributed by atoms with Crippen molar-refractivity contribution in [3.05, 3.63) is 87.9 Å². The minimum Gasteiger partial charge on any atom is -0.466 e. The Labute approximate surface area is 257 Å². The first-order valence-corrected chi connectivity index (χ1v) is 15.2. The Bertz CT molecular complexity index is 1350. The largest absolute Gasteiger partial charge is 0.466 e. The van der Waals surface area contributed by atoms with Gasteiger partial charge in [0.2, 0.25) is 0 Å². The van der Waals surface area contributed by atoms with Gasteiger partial charge >= 0.3 is 5.97 Å². The summed E-state index contributed by atoms with van der Waals surface area (Å²) in [5, 5.41) is 6.25. The van der Waals surface area contributed by atoms with Crippen molar-refractivity contribution >= 4 is 29.3 Å². The number of hydrogen-bond donors (Lipinski definition) is 2. The number of amides is 2. The molecule has 0 atom stereocenters. The van der Waals surface area contributed by atoms with E-state index in [9.17, 15) is 14.4 Å². The number of rotatable bonds is 9. The smallest absolute Gasteiger partial charge is 0.333 e. The predicted molar refractivity (Wildman–Crippen MR) is 175 cm³/mol. The van der Waals surface area contributed by atoms with Crippen LogP contribution in [0.2, 0.25) is 0 Å². The lowest BCUT2D eigenvalue weighted by molar-refractivity contribution is -0.136. The topological polar surface area (TPSA) is 100 Å². The van der Waals surface area contributed by atoms with Gasteiger partial charge in [0.15, 0.2) is 0 Å². The predicted octanol–water partition coefficient (Wildman–Crippen LogP) is 7.60. The highest BCUT2D eigenvalue weighted by molar-refractivity contribution is 6.16. The first-order valence-electron chi connectivity index (χ1n) is 15.2. The third-order valence-electron chi connectivity index (χ3n) is 7.34. The quantitative estimate of drug-likeness (QED) is 0.176. The van der Waals surface area contributed by atoms with Crippen molar-refractivity contribution in [2.45, 2.75) is 93.5 Å². The van der Waals surface area contributed by atoms with E-state index in [1.807, 2.05) is 57.7 Å². The van der Waals surface area contributed by atoms with Crippen molar-refractivity contribution in [1.82, 2.24) is 10.2 Å². The Morgan fingerprint density at radius 3 is 2.21 bits per heavy atom. The number of allylic oxidation sites excluding steroid dienone is 4. The second-order valence-electron chi connectivity index (χ2n) is 10.5. The Hall–Kier alpha value is -4.20. The molecule has 0 saturated heterocycles. The first-order chi connectivity index (χ1) is 20.6. The highest BCUT2D eigenvalue weighted by Crippen LogP contribution is 2.30. The maximum Gasteiger partial charge on any atom is 0.333 e. The molecule has 1 saturated carbocycles. The number of nitrogens with zero attached hydrogens (tertiary/aromatic N) is 2. The summed E-state index contributed by atoms with van der Waals surface area (Å²) in [6.07, 6.45) is 11.8. The molecule has 1 fully saturated rings. The summed E-state index contributed by atoms with van der Waals surface area (Å²) in [5.74, 6) is 0.587. The number of anilines is 1. The standard InChI is InChI=1S/C33H42N4O4.C2H6/c1-8-22(5)30(36-31-28(21(3)4)18-19-29(38)37(31)27-12-10-11-13-27)34-26-16-14-24(15-17-26)32(39)35-25(9-2)20-23(6)33(40)41-7;1-2/h9,14-20,27,34H,8,10-13H2,1-7H3,(H,35,39);1-2H3/b23-20+,25-9+,30-22+,36-31+;. The van der Waals surface area contributed by atoms with E-state index < -0.39 is 5.97 Å². The number of methoxy groups -OCH3 is 1. The SMILES string of the molecule is C/C=C(\C=C(/C)C(=O)OC)NC(=O)c1ccc(NC(/N=C2\C(=C(C)C)C=CC(=O)N2C2CCCC2)=C(/C)CC)cc1.CC. The summed E-state index contributed by atoms with van der Waals surface area (Å²) < 4.78 is 4.73. The molecule has 2 aliphatic rings. The van der Waals surface area contributed by atoms with Crippen LogP contribution >= 0.6 is 0 Å². The van der Waals surface area contributed by atoms with Crippen LogP contribution in [0, 0.1) is 0 Å². The fraction of sp³-hybridized carbons (Fsp3) is 0.429. The second-order valence-corrected chi connectivity index (χ2v) is 10.5. The Morgan fingerprint density at radius 2 is 1.67 bits per heavy atom. The highest BCUT2D eigenvalue weighted by Gasteiger charge is 2.33. The van der Waals surface area contributed by atoms with E-state index >= 15 is 0 Å². The third-order valence-corrected chi connectivity index (χ3v) is 7.34. The molecular weight excluding hydrogens is 540 g/mol. The van der Waals surface area contributed by atoms with Gasteiger partial charge in [-0.2, -0.15) is 0 Å². The Kier molecular flexibility index (Phi) is 13.9. The van der Waals surface area contributed by atoms with Crippen LogP contribution in [0.4, 0.5) is 5.69 Å². The van der Waals surface area contributed by atoms with E-state index in [1.165, 1.54) is 7.11 Å². The van der Waals surface area contributed by atoms with Gasteiger partial charge in [-0.15, -0.1) is 0 Å². The Balaban J connectivity index is 0.00000316. The molecule has 0 bridgehead atoms. The number of carbonyl (C=O) groups excluding carboxylic acids is 3. The van der Waals surface area contributed by atoms with E-state index in [0.717, 1.165) is 54.5 Å². The second kappa shape index (κ2) is 17.0. The van der Waals surface area contributed by atoms with Crippen molar-refractivity contribution in [2.75, 3.05) is 12.4 Å². The zero-order valence-corrected chi connectivity index (χ0v) is 27.3. The minimum atomic E-state index is -0.458. The van der Waals surface area contributed by atoms with Crippen molar-refractivity contribution in [1.29, 1.82) is 0 Å². The van der Waals surface area contributed by atoms with Crippen LogP contribution < -0.4 is 10.6 Å². The minimum absolute atomic E-state index is 0.0263. The summed E-state index contributed by atoms with van der Waals surface area (Å²) in [7, 11) is 1.32. The summed E-state index contributed by atoms with van der Waals surface area (Å²) in [5.41, 5.74) is 5.21. The van der Waals surface area contributed by atoms with E-state index in [1.54, 1.807) is 44.2 Å². The molecular formula is C35H48N4O4. The maximum atomic E-state index is 13.1. The van der Waals surface area contributed by atoms with Crippen LogP contribution in [-0.2, 0) is 14.3 Å². The third kappa shape index (κ3) is 9.40. The molecule has 1 aliphatic heterocycles. The molecule has 43 heavy (non-hydrogen) atoms. The monoisotopic (exact) mass is 588 g/mol. The maximum absolute atomic E-state index is 13.1. The number of aliphatic imine (C=N–C) groups is 1. The molecule has 1 aliphatic carbocycles. The normalized spacial score (nSPS) is 17.3. The van der Waals surface area contributed by atoms with Gasteiger partial charge in [-0.25, -0.2) is 9.79 Å². The van der Waals surface area contributed by atoms with Gasteiger partial charge in [0.25, 0.3) is 11.8 Å². The van der Waals surface area contributed by atoms with E-state index in [0.29, 0.717) is 28.5 Å². The van der Waals surface area contributed by atoms with Gasteiger partial charge in [0, 0.05) is 40.2 Å². The molecule has 0 spiro atoms. The molecule has 2 N–H and O–H groups in total. The number of esters is 1. The summed E-state index contributed by atoms with van der Waals surface area (Å²) in [4.78, 5) is 44.6. The van der Waals surface area contributed by atoms with Gasteiger partial charge in [-0.05, 0) is 95.9 Å². The molecule has 1 aromatic rings. The highest BCUT2D eigenvalue weighted by atomic mass is 16.5. The van der Waals surface area contributed by atoms with Crippen LogP contribution in [0.1, 0.15) is 97.9 Å². The number of ether oxygens (including phenoxy) is 1. The van der Waals surface area contributed by atoms with Crippen LogP contribution in [-0.4, -0.2) is 41.7 Å². The van der Waals surface area contributed by atoms with Crippen LogP contribution in [0.3, 0.4) is 0 Å². The van der Waals surface area contributed by atoms with Gasteiger partial charge < -0.3 is 15.4 Å². The number of amidine groups is 1. The van der Waals surface area contributed by atoms with Gasteiger partial charge in [0.05, 0.1) is 7.11 Å². The zero-order chi connectivity index (χ0) is 32.1. The molecule has 8 heteroatoms. The molecule has 1 heterocycles. The Morgan fingerprint density at radius 1 is 1.05 bits per heavy atom. The fourth-order valence-corrected chi connectivity index (χ4v) is 4.76. The molecule has 0 radical (unpaired) electrons. The lowest BCUT2D eigenvalue weighted by Gasteiger charge is -2.33. The lowest BCUT2D eigenvalue weighted by atomic mass is 10.0. The summed E-state index contributed by atoms with van der Waals surface area (Å²) >= 11 is 0. The summed E-state index contributed by atoms with van der Waals surface area (Å²) in [6, 6.07) is 7.26. The molecule has 2 amide bonds. The lowest BCUT2D eigenvalue weighted by Crippen LogP contribution is -2.45. The summed E-state index contributed by atoms with van der Waals surface area (Å²) in [6.45, 7) is 15.6. The van der Waals surface area contributed by atoms with Crippen molar-refractivity contribution < 1.29 is 19.1 Å². The van der Waals surface area contributed by atoms with E-state index in [4.69, 9.17) is 9.73 Å². The molecule has 8 nitrogen and oxygen atoms in total. The molecule has 232 valence electrons. The molecule has 3 rings (SSSR count).